The van der Waals surface area contributed by atoms with Crippen LogP contribution in [-0.2, 0) is 24.7 Å². The fraction of sp³-hybridized carbons (Fsp3) is 0.364. The first kappa shape index (κ1) is 27.6. The monoisotopic (exact) mass is 547 g/mol. The second-order valence-corrected chi connectivity index (χ2v) is 12.5. The van der Waals surface area contributed by atoms with Crippen molar-refractivity contribution in [3.63, 3.8) is 0 Å². The lowest BCUT2D eigenvalue weighted by Gasteiger charge is -2.12. The molecule has 9 nitrogen and oxygen atoms in total. The smallest absolute Gasteiger partial charge is 0.475 e. The molecule has 0 spiro atoms. The molecule has 3 heterocycles. The van der Waals surface area contributed by atoms with Gasteiger partial charge in [0.2, 0.25) is 10.0 Å². The molecule has 0 bridgehead atoms. The van der Waals surface area contributed by atoms with Gasteiger partial charge in [0.25, 0.3) is 0 Å². The highest BCUT2D eigenvalue weighted by Crippen LogP contribution is 2.30. The van der Waals surface area contributed by atoms with Crippen LogP contribution in [0.4, 0.5) is 13.2 Å². The van der Waals surface area contributed by atoms with E-state index in [0.717, 1.165) is 27.9 Å². The van der Waals surface area contributed by atoms with Crippen molar-refractivity contribution < 1.29 is 39.9 Å². The summed E-state index contributed by atoms with van der Waals surface area (Å²) in [6.45, 7) is 4.21. The van der Waals surface area contributed by atoms with E-state index in [1.807, 2.05) is 6.07 Å². The van der Waals surface area contributed by atoms with Crippen LogP contribution < -0.4 is 4.72 Å². The van der Waals surface area contributed by atoms with Crippen LogP contribution >= 0.6 is 0 Å². The van der Waals surface area contributed by atoms with Gasteiger partial charge in [-0.3, -0.25) is 0 Å². The lowest BCUT2D eigenvalue weighted by atomic mass is 10.0. The van der Waals surface area contributed by atoms with Gasteiger partial charge in [-0.05, 0) is 47.7 Å². The van der Waals surface area contributed by atoms with Crippen molar-refractivity contribution >= 4 is 36.9 Å². The molecule has 1 unspecified atom stereocenters. The van der Waals surface area contributed by atoms with E-state index in [2.05, 4.69) is 34.6 Å². The number of carbonyl (C=O) groups is 1. The molecule has 14 heteroatoms. The zero-order valence-corrected chi connectivity index (χ0v) is 20.8. The lowest BCUT2D eigenvalue weighted by Crippen LogP contribution is -2.35. The van der Waals surface area contributed by atoms with Crippen LogP contribution in [0, 0.1) is 0 Å². The molecule has 0 amide bonds. The molecule has 3 N–H and O–H groups in total. The number of alkyl halides is 3. The number of benzene rings is 1. The first-order valence-electron chi connectivity index (χ1n) is 10.7. The Bertz CT molecular complexity index is 1460. The summed E-state index contributed by atoms with van der Waals surface area (Å²) in [6, 6.07) is 10.0. The Morgan fingerprint density at radius 1 is 1.19 bits per heavy atom. The second kappa shape index (κ2) is 10.2. The molecule has 36 heavy (non-hydrogen) atoms. The van der Waals surface area contributed by atoms with Gasteiger partial charge in [0.1, 0.15) is 5.65 Å². The van der Waals surface area contributed by atoms with Gasteiger partial charge in [-0.2, -0.15) is 13.2 Å². The van der Waals surface area contributed by atoms with Gasteiger partial charge in [0.15, 0.2) is 9.84 Å². The van der Waals surface area contributed by atoms with Crippen molar-refractivity contribution in [2.75, 3.05) is 11.5 Å². The average molecular weight is 548 g/mol. The van der Waals surface area contributed by atoms with Gasteiger partial charge in [-0.25, -0.2) is 31.3 Å². The third-order valence-electron chi connectivity index (χ3n) is 5.45. The third-order valence-corrected chi connectivity index (χ3v) is 8.75. The number of H-pyrrole nitrogens is 1. The summed E-state index contributed by atoms with van der Waals surface area (Å²) in [6.07, 6.45) is -3.05. The topological polar surface area (TPSA) is 146 Å². The van der Waals surface area contributed by atoms with Crippen molar-refractivity contribution in [3.8, 4) is 11.1 Å². The third kappa shape index (κ3) is 6.62. The predicted molar refractivity (Wildman–Crippen MR) is 127 cm³/mol. The molecule has 0 saturated carbocycles. The highest BCUT2D eigenvalue weighted by Gasteiger charge is 2.38. The molecule has 0 aliphatic carbocycles. The fourth-order valence-electron chi connectivity index (χ4n) is 3.60. The summed E-state index contributed by atoms with van der Waals surface area (Å²) in [5.41, 5.74) is 3.74. The minimum Gasteiger partial charge on any atom is -0.475 e. The number of rotatable bonds is 5. The van der Waals surface area contributed by atoms with Crippen molar-refractivity contribution in [1.82, 2.24) is 14.7 Å². The van der Waals surface area contributed by atoms with Gasteiger partial charge in [-0.15, -0.1) is 0 Å². The highest BCUT2D eigenvalue weighted by molar-refractivity contribution is 7.92. The number of hydrogen-bond acceptors (Lipinski definition) is 6. The van der Waals surface area contributed by atoms with Crippen LogP contribution in [0.3, 0.4) is 0 Å². The van der Waals surface area contributed by atoms with Gasteiger partial charge in [0, 0.05) is 23.3 Å². The summed E-state index contributed by atoms with van der Waals surface area (Å²) in [5.74, 6) is -2.54. The Morgan fingerprint density at radius 3 is 2.31 bits per heavy atom. The Balaban J connectivity index is 0.000000454. The van der Waals surface area contributed by atoms with E-state index in [1.165, 1.54) is 0 Å². The van der Waals surface area contributed by atoms with Crippen LogP contribution in [0.2, 0.25) is 0 Å². The molecule has 1 saturated heterocycles. The quantitative estimate of drug-likeness (QED) is 0.443. The molecule has 0 radical (unpaired) electrons. The average Bonchev–Trinajstić information content (AvgIpc) is 3.36. The van der Waals surface area contributed by atoms with E-state index in [1.54, 1.807) is 30.5 Å². The van der Waals surface area contributed by atoms with E-state index in [4.69, 9.17) is 9.90 Å². The van der Waals surface area contributed by atoms with Crippen molar-refractivity contribution in [1.29, 1.82) is 0 Å². The Labute approximate surface area is 205 Å². The maximum absolute atomic E-state index is 12.6. The van der Waals surface area contributed by atoms with Crippen LogP contribution in [0.25, 0.3) is 22.2 Å². The molecule has 1 fully saturated rings. The molecule has 1 aliphatic heterocycles. The summed E-state index contributed by atoms with van der Waals surface area (Å²) in [5, 5.41) is 8.11. The second-order valence-electron chi connectivity index (χ2n) is 8.55. The summed E-state index contributed by atoms with van der Waals surface area (Å²) >= 11 is 0. The number of fused-ring (bicyclic) bond motifs is 1. The lowest BCUT2D eigenvalue weighted by molar-refractivity contribution is -0.192. The Morgan fingerprint density at radius 2 is 1.81 bits per heavy atom. The molecule has 1 aliphatic rings. The van der Waals surface area contributed by atoms with Crippen molar-refractivity contribution in [3.05, 3.63) is 48.3 Å². The van der Waals surface area contributed by atoms with E-state index in [9.17, 15) is 30.0 Å². The normalized spacial score (nSPS) is 17.7. The maximum Gasteiger partial charge on any atom is 0.490 e. The number of nitrogens with one attached hydrogen (secondary N) is 2. The largest absolute Gasteiger partial charge is 0.490 e. The fourth-order valence-corrected chi connectivity index (χ4v) is 6.65. The van der Waals surface area contributed by atoms with Crippen LogP contribution in [0.5, 0.6) is 0 Å². The molecule has 1 aromatic carbocycles. The molecule has 2 aromatic heterocycles. The predicted octanol–water partition coefficient (Wildman–Crippen LogP) is 3.45. The van der Waals surface area contributed by atoms with Gasteiger partial charge in [-0.1, -0.05) is 26.0 Å². The zero-order chi connectivity index (χ0) is 26.9. The van der Waals surface area contributed by atoms with E-state index in [-0.39, 0.29) is 16.4 Å². The van der Waals surface area contributed by atoms with E-state index >= 15 is 0 Å². The van der Waals surface area contributed by atoms with Crippen LogP contribution in [0.15, 0.2) is 47.5 Å². The number of carboxylic acids is 1. The first-order valence-corrected chi connectivity index (χ1v) is 14.0. The number of hydrogen-bond donors (Lipinski definition) is 3. The molecule has 3 aromatic rings. The summed E-state index contributed by atoms with van der Waals surface area (Å²) in [7, 11) is -6.93. The molecule has 4 rings (SSSR count). The minimum atomic E-state index is -5.08. The van der Waals surface area contributed by atoms with Crippen LogP contribution in [-0.4, -0.2) is 61.6 Å². The molecule has 1 atom stereocenters. The number of sulfonamides is 1. The Hall–Kier alpha value is -2.97. The van der Waals surface area contributed by atoms with Gasteiger partial charge in [0.05, 0.1) is 16.4 Å². The van der Waals surface area contributed by atoms with Crippen molar-refractivity contribution in [2.45, 2.75) is 43.3 Å². The molecular formula is C22H24F3N3O6S2. The number of pyridine rings is 1. The highest BCUT2D eigenvalue weighted by atomic mass is 32.2. The number of aliphatic carboxylic acids is 1. The number of nitrogens with zero attached hydrogens (tertiary/aromatic N) is 1. The maximum atomic E-state index is 12.6. The standard InChI is InChI=1S/C20H23N3O4S2.C2HF3O2/c1-13(2)19-11-18-17(7-9-21-20(18)22-19)14-3-5-16(6-4-14)29(26,27)23-15-8-10-28(24,25)12-15;3-2(4,5)1(6)7/h3-7,9,11,13,15,23H,8,10,12H2,1-2H3,(H,21,22);(H,6,7). The van der Waals surface area contributed by atoms with Gasteiger partial charge >= 0.3 is 12.1 Å². The number of aromatic nitrogens is 2. The molecule has 196 valence electrons. The number of carboxylic acid groups (broad SMARTS) is 1. The van der Waals surface area contributed by atoms with Gasteiger partial charge < -0.3 is 10.1 Å². The minimum absolute atomic E-state index is 0.0200. The first-order chi connectivity index (χ1) is 16.6. The molecular weight excluding hydrogens is 523 g/mol. The number of sulfone groups is 1. The van der Waals surface area contributed by atoms with Crippen LogP contribution in [0.1, 0.15) is 31.9 Å². The summed E-state index contributed by atoms with van der Waals surface area (Å²) in [4.78, 5) is 16.7. The number of aromatic amines is 1. The zero-order valence-electron chi connectivity index (χ0n) is 19.2. The SMILES string of the molecule is CC(C)c1cc2c(-c3ccc(S(=O)(=O)NC4CCS(=O)(=O)C4)cc3)ccnc2[nH]1.O=C(O)C(F)(F)F. The van der Waals surface area contributed by atoms with Crippen molar-refractivity contribution in [2.24, 2.45) is 0 Å². The number of halogens is 3. The van der Waals surface area contributed by atoms with E-state index in [0.29, 0.717) is 12.3 Å². The van der Waals surface area contributed by atoms with E-state index < -0.39 is 38.0 Å². The Kier molecular flexibility index (Phi) is 7.81. The summed E-state index contributed by atoms with van der Waals surface area (Å²) < 4.78 is 82.6.